The number of benzene rings is 1. The van der Waals surface area contributed by atoms with Crippen LogP contribution in [0.4, 0.5) is 17.3 Å². The molecule has 0 bridgehead atoms. The second kappa shape index (κ2) is 7.91. The van der Waals surface area contributed by atoms with Crippen LogP contribution in [-0.2, 0) is 4.74 Å². The van der Waals surface area contributed by atoms with Crippen LogP contribution >= 0.6 is 11.6 Å². The van der Waals surface area contributed by atoms with Crippen LogP contribution in [0.3, 0.4) is 0 Å². The van der Waals surface area contributed by atoms with Gasteiger partial charge in [0.25, 0.3) is 0 Å². The molecule has 138 valence electrons. The maximum atomic E-state index is 11.7. The van der Waals surface area contributed by atoms with Crippen molar-refractivity contribution in [2.45, 2.75) is 26.7 Å². The number of carbonyl (C=O) groups excluding carboxylic acids is 1. The molecule has 0 unspecified atom stereocenters. The van der Waals surface area contributed by atoms with E-state index in [0.717, 1.165) is 24.8 Å². The molecule has 1 fully saturated rings. The molecule has 26 heavy (non-hydrogen) atoms. The van der Waals surface area contributed by atoms with Gasteiger partial charge in [-0.3, -0.25) is 0 Å². The maximum Gasteiger partial charge on any atom is 0.337 e. The van der Waals surface area contributed by atoms with Gasteiger partial charge in [-0.1, -0.05) is 18.5 Å². The van der Waals surface area contributed by atoms with E-state index >= 15 is 0 Å². The number of halogens is 1. The molecule has 0 spiro atoms. The van der Waals surface area contributed by atoms with Gasteiger partial charge in [0.2, 0.25) is 0 Å². The fraction of sp³-hybridized carbons (Fsp3) is 0.421. The van der Waals surface area contributed by atoms with Crippen molar-refractivity contribution in [2.24, 2.45) is 5.92 Å². The van der Waals surface area contributed by atoms with Crippen LogP contribution in [-0.4, -0.2) is 36.1 Å². The van der Waals surface area contributed by atoms with Crippen LogP contribution in [0.2, 0.25) is 5.02 Å². The van der Waals surface area contributed by atoms with Crippen molar-refractivity contribution in [1.82, 2.24) is 9.97 Å². The Kier molecular flexibility index (Phi) is 5.61. The number of methoxy groups -OCH3 is 1. The molecular weight excluding hydrogens is 352 g/mol. The molecule has 0 radical (unpaired) electrons. The van der Waals surface area contributed by atoms with Gasteiger partial charge in [0.05, 0.1) is 23.4 Å². The summed E-state index contributed by atoms with van der Waals surface area (Å²) in [7, 11) is 1.35. The van der Waals surface area contributed by atoms with Crippen LogP contribution in [0.5, 0.6) is 0 Å². The quantitative estimate of drug-likeness (QED) is 0.809. The van der Waals surface area contributed by atoms with Crippen molar-refractivity contribution >= 4 is 34.9 Å². The number of hydrogen-bond donors (Lipinski definition) is 1. The van der Waals surface area contributed by atoms with Crippen LogP contribution in [0.1, 0.15) is 35.9 Å². The largest absolute Gasteiger partial charge is 0.465 e. The minimum absolute atomic E-state index is 0.410. The number of aromatic nitrogens is 2. The third kappa shape index (κ3) is 4.25. The highest BCUT2D eigenvalue weighted by atomic mass is 35.5. The standard InChI is InChI=1S/C19H23ClN4O2/c1-12-6-8-24(9-7-12)18-11-17(21-13(2)22-18)23-16-10-14(19(25)26-3)4-5-15(16)20/h4-5,10-12H,6-9H2,1-3H3,(H,21,22,23). The minimum Gasteiger partial charge on any atom is -0.465 e. The molecular formula is C19H23ClN4O2. The van der Waals surface area contributed by atoms with E-state index in [4.69, 9.17) is 16.3 Å². The lowest BCUT2D eigenvalue weighted by Crippen LogP contribution is -2.33. The SMILES string of the molecule is COC(=O)c1ccc(Cl)c(Nc2cc(N3CCC(C)CC3)nc(C)n2)c1. The summed E-state index contributed by atoms with van der Waals surface area (Å²) in [5.74, 6) is 2.59. The number of rotatable bonds is 4. The number of hydrogen-bond acceptors (Lipinski definition) is 6. The summed E-state index contributed by atoms with van der Waals surface area (Å²) in [5, 5.41) is 3.71. The van der Waals surface area contributed by atoms with Crippen LogP contribution in [0.15, 0.2) is 24.3 Å². The molecule has 1 aromatic heterocycles. The molecule has 3 rings (SSSR count). The molecule has 0 amide bonds. The molecule has 2 heterocycles. The molecule has 0 aliphatic carbocycles. The van der Waals surface area contributed by atoms with E-state index in [1.54, 1.807) is 18.2 Å². The van der Waals surface area contributed by atoms with Crippen LogP contribution < -0.4 is 10.2 Å². The molecule has 1 aromatic carbocycles. The highest BCUT2D eigenvalue weighted by molar-refractivity contribution is 6.33. The smallest absolute Gasteiger partial charge is 0.337 e. The molecule has 2 aromatic rings. The molecule has 0 atom stereocenters. The first-order valence-electron chi connectivity index (χ1n) is 8.72. The lowest BCUT2D eigenvalue weighted by atomic mass is 9.99. The van der Waals surface area contributed by atoms with Gasteiger partial charge in [0.1, 0.15) is 17.5 Å². The van der Waals surface area contributed by atoms with Gasteiger partial charge in [-0.2, -0.15) is 0 Å². The van der Waals surface area contributed by atoms with Gasteiger partial charge >= 0.3 is 5.97 Å². The van der Waals surface area contributed by atoms with Crippen molar-refractivity contribution < 1.29 is 9.53 Å². The van der Waals surface area contributed by atoms with Gasteiger partial charge in [0.15, 0.2) is 0 Å². The van der Waals surface area contributed by atoms with Gasteiger partial charge < -0.3 is 15.0 Å². The Morgan fingerprint density at radius 1 is 1.27 bits per heavy atom. The number of ether oxygens (including phenoxy) is 1. The summed E-state index contributed by atoms with van der Waals surface area (Å²) in [6.45, 7) is 6.14. The van der Waals surface area contributed by atoms with E-state index < -0.39 is 5.97 Å². The Hall–Kier alpha value is -2.34. The van der Waals surface area contributed by atoms with Crippen molar-refractivity contribution in [3.63, 3.8) is 0 Å². The van der Waals surface area contributed by atoms with Gasteiger partial charge in [-0.05, 0) is 43.9 Å². The van der Waals surface area contributed by atoms with Crippen molar-refractivity contribution in [2.75, 3.05) is 30.4 Å². The summed E-state index contributed by atoms with van der Waals surface area (Å²) >= 11 is 6.27. The lowest BCUT2D eigenvalue weighted by Gasteiger charge is -2.31. The molecule has 1 aliphatic heterocycles. The number of nitrogens with zero attached hydrogens (tertiary/aromatic N) is 3. The van der Waals surface area contributed by atoms with E-state index in [9.17, 15) is 4.79 Å². The number of carbonyl (C=O) groups is 1. The van der Waals surface area contributed by atoms with E-state index in [1.807, 2.05) is 13.0 Å². The number of esters is 1. The first kappa shape index (κ1) is 18.5. The van der Waals surface area contributed by atoms with E-state index in [2.05, 4.69) is 27.1 Å². The van der Waals surface area contributed by atoms with E-state index in [0.29, 0.717) is 27.9 Å². The highest BCUT2D eigenvalue weighted by Crippen LogP contribution is 2.28. The van der Waals surface area contributed by atoms with Gasteiger partial charge in [-0.15, -0.1) is 0 Å². The zero-order valence-corrected chi connectivity index (χ0v) is 16.0. The Morgan fingerprint density at radius 2 is 2.00 bits per heavy atom. The fourth-order valence-corrected chi connectivity index (χ4v) is 3.18. The van der Waals surface area contributed by atoms with Gasteiger partial charge in [-0.25, -0.2) is 14.8 Å². The number of anilines is 3. The second-order valence-corrected chi connectivity index (χ2v) is 7.05. The second-order valence-electron chi connectivity index (χ2n) is 6.64. The molecule has 6 nitrogen and oxygen atoms in total. The summed E-state index contributed by atoms with van der Waals surface area (Å²) in [6, 6.07) is 6.88. The van der Waals surface area contributed by atoms with E-state index in [1.165, 1.54) is 20.0 Å². The monoisotopic (exact) mass is 374 g/mol. The van der Waals surface area contributed by atoms with Crippen LogP contribution in [0.25, 0.3) is 0 Å². The number of aryl methyl sites for hydroxylation is 1. The molecule has 0 saturated carbocycles. The maximum absolute atomic E-state index is 11.7. The predicted molar refractivity (Wildman–Crippen MR) is 103 cm³/mol. The summed E-state index contributed by atoms with van der Waals surface area (Å²) in [4.78, 5) is 23.1. The summed E-state index contributed by atoms with van der Waals surface area (Å²) in [5.41, 5.74) is 1.03. The molecule has 1 aliphatic rings. The Morgan fingerprint density at radius 3 is 2.69 bits per heavy atom. The van der Waals surface area contributed by atoms with Crippen LogP contribution in [0, 0.1) is 12.8 Å². The lowest BCUT2D eigenvalue weighted by molar-refractivity contribution is 0.0601. The summed E-state index contributed by atoms with van der Waals surface area (Å²) < 4.78 is 4.77. The predicted octanol–water partition coefficient (Wildman–Crippen LogP) is 4.20. The number of piperidine rings is 1. The van der Waals surface area contributed by atoms with Crippen molar-refractivity contribution in [3.8, 4) is 0 Å². The Labute approximate surface area is 158 Å². The number of nitrogens with one attached hydrogen (secondary N) is 1. The normalized spacial score (nSPS) is 15.0. The molecule has 7 heteroatoms. The third-order valence-electron chi connectivity index (χ3n) is 4.58. The van der Waals surface area contributed by atoms with Crippen molar-refractivity contribution in [1.29, 1.82) is 0 Å². The molecule has 1 N–H and O–H groups in total. The average Bonchev–Trinajstić information content (AvgIpc) is 2.63. The zero-order valence-electron chi connectivity index (χ0n) is 15.3. The topological polar surface area (TPSA) is 67.3 Å². The third-order valence-corrected chi connectivity index (χ3v) is 4.91. The molecule has 1 saturated heterocycles. The van der Waals surface area contributed by atoms with Crippen molar-refractivity contribution in [3.05, 3.63) is 40.7 Å². The fourth-order valence-electron chi connectivity index (χ4n) is 3.02. The van der Waals surface area contributed by atoms with Gasteiger partial charge in [0, 0.05) is 19.2 Å². The summed E-state index contributed by atoms with van der Waals surface area (Å²) in [6.07, 6.45) is 2.33. The minimum atomic E-state index is -0.410. The Balaban J connectivity index is 1.85. The first-order chi connectivity index (χ1) is 12.5. The van der Waals surface area contributed by atoms with E-state index in [-0.39, 0.29) is 0 Å². The Bertz CT molecular complexity index is 804. The average molecular weight is 375 g/mol. The zero-order chi connectivity index (χ0) is 18.7. The highest BCUT2D eigenvalue weighted by Gasteiger charge is 2.18. The first-order valence-corrected chi connectivity index (χ1v) is 9.09.